The number of fused-ring (bicyclic) bond motifs is 8. The highest BCUT2D eigenvalue weighted by Crippen LogP contribution is 2.53. The first-order valence-corrected chi connectivity index (χ1v) is 39.4. The Hall–Kier alpha value is -11.9. The summed E-state index contributed by atoms with van der Waals surface area (Å²) in [4.78, 5) is 31.0. The summed E-state index contributed by atoms with van der Waals surface area (Å²) in [5.74, 6) is 0. The topological polar surface area (TPSA) is 64.5 Å². The van der Waals surface area contributed by atoms with Gasteiger partial charge in [0.2, 0.25) is 0 Å². The first-order chi connectivity index (χ1) is 53.2. The van der Waals surface area contributed by atoms with Gasteiger partial charge in [-0.2, -0.15) is 0 Å². The summed E-state index contributed by atoms with van der Waals surface area (Å²) in [5, 5.41) is 0. The van der Waals surface area contributed by atoms with Crippen LogP contribution in [0.2, 0.25) is 0 Å². The van der Waals surface area contributed by atoms with Crippen molar-refractivity contribution in [3.63, 3.8) is 0 Å². The number of pyridine rings is 4. The summed E-state index contributed by atoms with van der Waals surface area (Å²) < 4.78 is 0. The van der Waals surface area contributed by atoms with E-state index in [-0.39, 0.29) is 40.5 Å². The zero-order valence-corrected chi connectivity index (χ0v) is 66.8. The van der Waals surface area contributed by atoms with E-state index >= 15 is 0 Å². The Balaban J connectivity index is 0.850. The van der Waals surface area contributed by atoms with E-state index in [1.807, 2.05) is 43.0 Å². The van der Waals surface area contributed by atoms with Crippen LogP contribution in [0.25, 0.3) is 56.2 Å². The third-order valence-electron chi connectivity index (χ3n) is 23.5. The van der Waals surface area contributed by atoms with E-state index in [0.29, 0.717) is 0 Å². The molecule has 14 aromatic rings. The average Bonchev–Trinajstić information content (AvgIpc) is 0.697. The maximum atomic E-state index is 5.44. The molecule has 0 N–H and O–H groups in total. The molecule has 0 amide bonds. The predicted octanol–water partition coefficient (Wildman–Crippen LogP) is 22.6. The van der Waals surface area contributed by atoms with Gasteiger partial charge in [0.25, 0.3) is 13.4 Å². The van der Waals surface area contributed by atoms with Crippen molar-refractivity contribution in [1.82, 2.24) is 19.9 Å². The molecule has 0 bridgehead atoms. The number of para-hydroxylation sites is 3. The molecule has 18 rings (SSSR count). The third-order valence-corrected chi connectivity index (χ3v) is 23.5. The van der Waals surface area contributed by atoms with Gasteiger partial charge in [0.1, 0.15) is 0 Å². The number of nitrogens with zero attached hydrogens (tertiary/aromatic N) is 8. The Kier molecular flexibility index (Phi) is 16.7. The molecule has 4 aliphatic heterocycles. The molecule has 10 heteroatoms. The second-order valence-corrected chi connectivity index (χ2v) is 36.1. The van der Waals surface area contributed by atoms with Gasteiger partial charge in [-0.3, -0.25) is 19.9 Å². The molecular weight excluding hydrogens is 1350 g/mol. The van der Waals surface area contributed by atoms with E-state index in [0.717, 1.165) is 124 Å². The van der Waals surface area contributed by atoms with Gasteiger partial charge in [-0.1, -0.05) is 225 Å². The largest absolute Gasteiger partial charge is 0.311 e. The van der Waals surface area contributed by atoms with Gasteiger partial charge in [0.05, 0.1) is 45.5 Å². The maximum absolute atomic E-state index is 5.44. The third kappa shape index (κ3) is 12.1. The molecule has 10 aromatic carbocycles. The number of rotatable bonds is 9. The molecule has 0 unspecified atom stereocenters. The van der Waals surface area contributed by atoms with E-state index in [2.05, 4.69) is 367 Å². The molecule has 0 atom stereocenters. The van der Waals surface area contributed by atoms with E-state index in [1.165, 1.54) is 66.3 Å². The highest BCUT2D eigenvalue weighted by molar-refractivity contribution is 7.01. The SMILES string of the molecule is Cc1cc2c3c(c1)N(c1ccccc1-c1cc(-c4ccc5c(c4)B4c6ccccc6N(c6ccc(C(C)(C)C)cc6-c6ccccn6)c6cc(C(C)(C)C)cc(c64)N5c4ccc(C(C)(C)C)cc4-c4ccccn4)ccn1)c1ccc(C(C)(C)C)cc1B3c1cc(C(C)(C)C)ccc1N2c1ccccc1-c1ccccn1. The van der Waals surface area contributed by atoms with Crippen LogP contribution in [0.15, 0.2) is 280 Å². The summed E-state index contributed by atoms with van der Waals surface area (Å²) in [7, 11) is 0. The summed E-state index contributed by atoms with van der Waals surface area (Å²) in [6.07, 6.45) is 7.77. The standard InChI is InChI=1S/C101H94B2N8/c1-63-53-91-95-92(54-63)109(90-47-42-69(100(11,12)13)60-78(90)103(95)77-59-68(99(8,9)10)41-46-89(77)108(91)83-35-20-17-29-71(83)79-32-23-26-49-104-79)84-36-21-18-30-72(84)82-56-65(48-52-107-82)64-38-43-88-76(55-64)102-75-31-19-22-37-87(75)110(85-44-39-66(97(2,3)4)57-73(85)80-33-24-27-50-105-80)93-61-70(101(14,15)16)62-94(96(93)102)111(88)86-45-40-67(98(5,6)7)58-74(86)81-34-25-28-51-106-81/h17-62H,1-16H3. The molecule has 0 radical (unpaired) electrons. The number of hydrogen-bond donors (Lipinski definition) is 0. The zero-order valence-electron chi connectivity index (χ0n) is 66.8. The molecule has 544 valence electrons. The number of aromatic nitrogens is 4. The van der Waals surface area contributed by atoms with Crippen LogP contribution in [0, 0.1) is 6.92 Å². The van der Waals surface area contributed by atoms with Crippen LogP contribution in [-0.2, 0) is 27.1 Å². The van der Waals surface area contributed by atoms with Gasteiger partial charge >= 0.3 is 0 Å². The van der Waals surface area contributed by atoms with Crippen molar-refractivity contribution < 1.29 is 0 Å². The summed E-state index contributed by atoms with van der Waals surface area (Å²) in [5.41, 5.74) is 37.8. The Morgan fingerprint density at radius 2 is 0.550 bits per heavy atom. The molecule has 4 aliphatic rings. The molecule has 0 spiro atoms. The minimum atomic E-state index is -0.246. The van der Waals surface area contributed by atoms with Gasteiger partial charge in [0.15, 0.2) is 0 Å². The Labute approximate surface area is 656 Å². The molecule has 0 saturated carbocycles. The fourth-order valence-corrected chi connectivity index (χ4v) is 17.6. The second kappa shape index (κ2) is 26.2. The van der Waals surface area contributed by atoms with Crippen molar-refractivity contribution in [3.05, 3.63) is 313 Å². The van der Waals surface area contributed by atoms with Gasteiger partial charge in [-0.25, -0.2) is 0 Å². The quantitative estimate of drug-likeness (QED) is 0.133. The lowest BCUT2D eigenvalue weighted by atomic mass is 9.33. The van der Waals surface area contributed by atoms with Crippen LogP contribution < -0.4 is 52.4 Å². The first kappa shape index (κ1) is 70.8. The van der Waals surface area contributed by atoms with E-state index in [9.17, 15) is 0 Å². The predicted molar refractivity (Wildman–Crippen MR) is 471 cm³/mol. The van der Waals surface area contributed by atoms with E-state index in [1.54, 1.807) is 0 Å². The Morgan fingerprint density at radius 1 is 0.225 bits per heavy atom. The highest BCUT2D eigenvalue weighted by atomic mass is 15.2. The number of hydrogen-bond acceptors (Lipinski definition) is 8. The zero-order chi connectivity index (χ0) is 76.9. The lowest BCUT2D eigenvalue weighted by molar-refractivity contribution is 0.590. The van der Waals surface area contributed by atoms with Crippen LogP contribution >= 0.6 is 0 Å². The van der Waals surface area contributed by atoms with E-state index in [4.69, 9.17) is 19.9 Å². The lowest BCUT2D eigenvalue weighted by Crippen LogP contribution is -2.61. The Morgan fingerprint density at radius 3 is 0.991 bits per heavy atom. The molecule has 8 nitrogen and oxygen atoms in total. The van der Waals surface area contributed by atoms with Gasteiger partial charge in [-0.05, 0) is 245 Å². The second-order valence-electron chi connectivity index (χ2n) is 36.1. The minimum Gasteiger partial charge on any atom is -0.311 e. The molecule has 0 aliphatic carbocycles. The van der Waals surface area contributed by atoms with Crippen molar-refractivity contribution in [1.29, 1.82) is 0 Å². The number of anilines is 12. The first-order valence-electron chi connectivity index (χ1n) is 39.4. The smallest absolute Gasteiger partial charge is 0.252 e. The minimum absolute atomic E-state index is 0.0930. The van der Waals surface area contributed by atoms with Gasteiger partial charge < -0.3 is 19.6 Å². The van der Waals surface area contributed by atoms with Crippen molar-refractivity contribution >= 4 is 114 Å². The number of benzene rings is 10. The van der Waals surface area contributed by atoms with Gasteiger partial charge in [0, 0.05) is 92.5 Å². The molecule has 0 fully saturated rings. The van der Waals surface area contributed by atoms with Crippen molar-refractivity contribution in [3.8, 4) is 56.2 Å². The fraction of sp³-hybridized carbons (Fsp3) is 0.208. The molecule has 4 aromatic heterocycles. The maximum Gasteiger partial charge on any atom is 0.252 e. The van der Waals surface area contributed by atoms with Crippen LogP contribution in [0.3, 0.4) is 0 Å². The molecular formula is C101H94B2N8. The summed E-state index contributed by atoms with van der Waals surface area (Å²) in [6.45, 7) is 36.9. The summed E-state index contributed by atoms with van der Waals surface area (Å²) in [6, 6.07) is 96.1. The van der Waals surface area contributed by atoms with Crippen molar-refractivity contribution in [2.45, 2.75) is 138 Å². The number of aryl methyl sites for hydroxylation is 1. The Bertz CT molecular complexity index is 6040. The van der Waals surface area contributed by atoms with Crippen LogP contribution in [-0.4, -0.2) is 33.4 Å². The normalized spacial score (nSPS) is 13.7. The van der Waals surface area contributed by atoms with Crippen molar-refractivity contribution in [2.75, 3.05) is 19.6 Å². The monoisotopic (exact) mass is 1440 g/mol. The van der Waals surface area contributed by atoms with Gasteiger partial charge in [-0.15, -0.1) is 0 Å². The van der Waals surface area contributed by atoms with Crippen LogP contribution in [0.1, 0.15) is 137 Å². The molecule has 8 heterocycles. The molecule has 111 heavy (non-hydrogen) atoms. The van der Waals surface area contributed by atoms with E-state index < -0.39 is 0 Å². The fourth-order valence-electron chi connectivity index (χ4n) is 17.6. The van der Waals surface area contributed by atoms with Crippen LogP contribution in [0.5, 0.6) is 0 Å². The molecule has 0 saturated heterocycles. The van der Waals surface area contributed by atoms with Crippen molar-refractivity contribution in [2.24, 2.45) is 0 Å². The van der Waals surface area contributed by atoms with Crippen LogP contribution in [0.4, 0.5) is 68.2 Å². The lowest BCUT2D eigenvalue weighted by Gasteiger charge is -2.46. The average molecular weight is 1440 g/mol. The summed E-state index contributed by atoms with van der Waals surface area (Å²) >= 11 is 0. The highest BCUT2D eigenvalue weighted by Gasteiger charge is 2.48.